The lowest BCUT2D eigenvalue weighted by Gasteiger charge is -2.27. The first-order valence-electron chi connectivity index (χ1n) is 5.36. The Morgan fingerprint density at radius 3 is 2.80 bits per heavy atom. The van der Waals surface area contributed by atoms with Crippen LogP contribution < -0.4 is 5.73 Å². The van der Waals surface area contributed by atoms with Gasteiger partial charge in [0.05, 0.1) is 6.61 Å². The SMILES string of the molecule is CCC(N)(CCc1ccnn1C)COC. The number of hydrogen-bond donors (Lipinski definition) is 1. The summed E-state index contributed by atoms with van der Waals surface area (Å²) in [6.07, 6.45) is 4.62. The zero-order chi connectivity index (χ0) is 11.3. The second-order valence-corrected chi connectivity index (χ2v) is 4.10. The third-order valence-corrected chi connectivity index (χ3v) is 2.94. The largest absolute Gasteiger partial charge is 0.383 e. The highest BCUT2D eigenvalue weighted by atomic mass is 16.5. The van der Waals surface area contributed by atoms with Gasteiger partial charge in [-0.1, -0.05) is 6.92 Å². The highest BCUT2D eigenvalue weighted by Gasteiger charge is 2.22. The van der Waals surface area contributed by atoms with E-state index >= 15 is 0 Å². The second-order valence-electron chi connectivity index (χ2n) is 4.10. The van der Waals surface area contributed by atoms with Crippen molar-refractivity contribution < 1.29 is 4.74 Å². The van der Waals surface area contributed by atoms with Crippen LogP contribution in [0.2, 0.25) is 0 Å². The smallest absolute Gasteiger partial charge is 0.0642 e. The molecule has 1 heterocycles. The summed E-state index contributed by atoms with van der Waals surface area (Å²) in [7, 11) is 3.65. The zero-order valence-corrected chi connectivity index (χ0v) is 9.86. The van der Waals surface area contributed by atoms with Crippen molar-refractivity contribution in [2.75, 3.05) is 13.7 Å². The lowest BCUT2D eigenvalue weighted by Crippen LogP contribution is -2.44. The minimum absolute atomic E-state index is 0.209. The second kappa shape index (κ2) is 5.28. The molecule has 1 atom stereocenters. The van der Waals surface area contributed by atoms with Crippen LogP contribution in [-0.4, -0.2) is 29.0 Å². The molecule has 0 bridgehead atoms. The molecule has 0 spiro atoms. The van der Waals surface area contributed by atoms with Gasteiger partial charge in [0, 0.05) is 31.6 Å². The maximum absolute atomic E-state index is 6.22. The van der Waals surface area contributed by atoms with Crippen molar-refractivity contribution in [1.82, 2.24) is 9.78 Å². The van der Waals surface area contributed by atoms with Crippen molar-refractivity contribution in [3.8, 4) is 0 Å². The van der Waals surface area contributed by atoms with Crippen molar-refractivity contribution in [1.29, 1.82) is 0 Å². The number of aryl methyl sites for hydroxylation is 2. The average Bonchev–Trinajstić information content (AvgIpc) is 2.62. The molecular weight excluding hydrogens is 190 g/mol. The first kappa shape index (κ1) is 12.2. The number of hydrogen-bond acceptors (Lipinski definition) is 3. The summed E-state index contributed by atoms with van der Waals surface area (Å²) in [5, 5.41) is 4.13. The zero-order valence-electron chi connectivity index (χ0n) is 9.86. The third kappa shape index (κ3) is 3.32. The average molecular weight is 211 g/mol. The summed E-state index contributed by atoms with van der Waals surface area (Å²) in [6.45, 7) is 2.71. The van der Waals surface area contributed by atoms with Crippen molar-refractivity contribution in [3.63, 3.8) is 0 Å². The number of aromatic nitrogens is 2. The molecule has 0 radical (unpaired) electrons. The van der Waals surface area contributed by atoms with Crippen LogP contribution >= 0.6 is 0 Å². The molecule has 0 fully saturated rings. The molecular formula is C11H21N3O. The minimum Gasteiger partial charge on any atom is -0.383 e. The Labute approximate surface area is 91.4 Å². The Bertz CT molecular complexity index is 298. The number of nitrogens with zero attached hydrogens (tertiary/aromatic N) is 2. The molecule has 15 heavy (non-hydrogen) atoms. The highest BCUT2D eigenvalue weighted by molar-refractivity contribution is 5.01. The van der Waals surface area contributed by atoms with E-state index in [4.69, 9.17) is 10.5 Å². The van der Waals surface area contributed by atoms with Gasteiger partial charge in [0.25, 0.3) is 0 Å². The molecule has 0 aliphatic heterocycles. The topological polar surface area (TPSA) is 53.1 Å². The van der Waals surface area contributed by atoms with Gasteiger partial charge in [0.15, 0.2) is 0 Å². The summed E-state index contributed by atoms with van der Waals surface area (Å²) < 4.78 is 7.04. The highest BCUT2D eigenvalue weighted by Crippen LogP contribution is 2.15. The first-order chi connectivity index (χ1) is 7.11. The van der Waals surface area contributed by atoms with E-state index in [1.54, 1.807) is 7.11 Å². The molecule has 1 rings (SSSR count). The number of methoxy groups -OCH3 is 1. The Morgan fingerprint density at radius 2 is 2.33 bits per heavy atom. The van der Waals surface area contributed by atoms with Crippen LogP contribution in [0, 0.1) is 0 Å². The van der Waals surface area contributed by atoms with E-state index < -0.39 is 0 Å². The van der Waals surface area contributed by atoms with Crippen LogP contribution in [-0.2, 0) is 18.2 Å². The molecule has 1 aromatic rings. The van der Waals surface area contributed by atoms with E-state index in [0.717, 1.165) is 19.3 Å². The predicted octanol–water partition coefficient (Wildman–Crippen LogP) is 1.11. The summed E-state index contributed by atoms with van der Waals surface area (Å²) in [5.74, 6) is 0. The lowest BCUT2D eigenvalue weighted by molar-refractivity contribution is 0.124. The van der Waals surface area contributed by atoms with Gasteiger partial charge in [-0.25, -0.2) is 0 Å². The number of nitrogens with two attached hydrogens (primary N) is 1. The molecule has 0 saturated heterocycles. The minimum atomic E-state index is -0.209. The molecule has 2 N–H and O–H groups in total. The maximum Gasteiger partial charge on any atom is 0.0642 e. The molecule has 0 amide bonds. The first-order valence-corrected chi connectivity index (χ1v) is 5.36. The normalized spacial score (nSPS) is 15.2. The molecule has 0 aliphatic carbocycles. The van der Waals surface area contributed by atoms with Crippen molar-refractivity contribution in [2.24, 2.45) is 12.8 Å². The standard InChI is InChI=1S/C11H21N3O/c1-4-11(12,9-15-3)7-5-10-6-8-13-14(10)2/h6,8H,4-5,7,9,12H2,1-3H3. The summed E-state index contributed by atoms with van der Waals surface area (Å²) in [6, 6.07) is 2.03. The fourth-order valence-corrected chi connectivity index (χ4v) is 1.66. The quantitative estimate of drug-likeness (QED) is 0.766. The van der Waals surface area contributed by atoms with E-state index in [1.807, 2.05) is 24.0 Å². The van der Waals surface area contributed by atoms with Crippen LogP contribution in [0.4, 0.5) is 0 Å². The van der Waals surface area contributed by atoms with Gasteiger partial charge in [0.2, 0.25) is 0 Å². The van der Waals surface area contributed by atoms with Crippen LogP contribution in [0.3, 0.4) is 0 Å². The van der Waals surface area contributed by atoms with Crippen LogP contribution in [0.1, 0.15) is 25.5 Å². The van der Waals surface area contributed by atoms with E-state index in [1.165, 1.54) is 5.69 Å². The maximum atomic E-state index is 6.22. The lowest BCUT2D eigenvalue weighted by atomic mass is 9.92. The Hall–Kier alpha value is -0.870. The van der Waals surface area contributed by atoms with E-state index in [9.17, 15) is 0 Å². The Balaban J connectivity index is 2.51. The van der Waals surface area contributed by atoms with Crippen molar-refractivity contribution in [2.45, 2.75) is 31.7 Å². The van der Waals surface area contributed by atoms with Gasteiger partial charge in [-0.05, 0) is 25.3 Å². The van der Waals surface area contributed by atoms with Gasteiger partial charge in [-0.15, -0.1) is 0 Å². The van der Waals surface area contributed by atoms with Gasteiger partial charge < -0.3 is 10.5 Å². The molecule has 4 heteroatoms. The molecule has 86 valence electrons. The Kier molecular flexibility index (Phi) is 4.29. The fourth-order valence-electron chi connectivity index (χ4n) is 1.66. The monoisotopic (exact) mass is 211 g/mol. The number of rotatable bonds is 6. The van der Waals surface area contributed by atoms with Gasteiger partial charge in [-0.3, -0.25) is 4.68 Å². The summed E-state index contributed by atoms with van der Waals surface area (Å²) in [5.41, 5.74) is 7.23. The van der Waals surface area contributed by atoms with Crippen LogP contribution in [0.5, 0.6) is 0 Å². The van der Waals surface area contributed by atoms with Crippen molar-refractivity contribution >= 4 is 0 Å². The van der Waals surface area contributed by atoms with Crippen molar-refractivity contribution in [3.05, 3.63) is 18.0 Å². The molecule has 0 saturated carbocycles. The molecule has 1 aromatic heterocycles. The van der Waals surface area contributed by atoms with Gasteiger partial charge >= 0.3 is 0 Å². The van der Waals surface area contributed by atoms with E-state index in [-0.39, 0.29) is 5.54 Å². The summed E-state index contributed by atoms with van der Waals surface area (Å²) in [4.78, 5) is 0. The molecule has 4 nitrogen and oxygen atoms in total. The molecule has 0 aromatic carbocycles. The predicted molar refractivity (Wildman–Crippen MR) is 60.6 cm³/mol. The Morgan fingerprint density at radius 1 is 1.60 bits per heavy atom. The third-order valence-electron chi connectivity index (χ3n) is 2.94. The fraction of sp³-hybridized carbons (Fsp3) is 0.727. The van der Waals surface area contributed by atoms with Crippen LogP contribution in [0.25, 0.3) is 0 Å². The van der Waals surface area contributed by atoms with Gasteiger partial charge in [0.1, 0.15) is 0 Å². The summed E-state index contributed by atoms with van der Waals surface area (Å²) >= 11 is 0. The molecule has 0 aliphatic rings. The van der Waals surface area contributed by atoms with E-state index in [0.29, 0.717) is 6.61 Å². The van der Waals surface area contributed by atoms with Crippen LogP contribution in [0.15, 0.2) is 12.3 Å². The van der Waals surface area contributed by atoms with E-state index in [2.05, 4.69) is 12.0 Å². The number of ether oxygens (including phenoxy) is 1. The molecule has 1 unspecified atom stereocenters. The van der Waals surface area contributed by atoms with Gasteiger partial charge in [-0.2, -0.15) is 5.10 Å².